The lowest BCUT2D eigenvalue weighted by molar-refractivity contribution is -0.165. The number of ether oxygens (including phenoxy) is 1. The van der Waals surface area contributed by atoms with E-state index < -0.39 is 5.41 Å². The number of amides is 1. The zero-order valence-corrected chi connectivity index (χ0v) is 13.0. The Bertz CT molecular complexity index is 562. The Labute approximate surface area is 127 Å². The zero-order valence-electron chi connectivity index (χ0n) is 11.4. The highest BCUT2D eigenvalue weighted by molar-refractivity contribution is 7.99. The van der Waals surface area contributed by atoms with E-state index in [1.165, 1.54) is 5.06 Å². The van der Waals surface area contributed by atoms with Gasteiger partial charge >= 0.3 is 0 Å². The molecule has 0 bridgehead atoms. The zero-order chi connectivity index (χ0) is 14.3. The lowest BCUT2D eigenvalue weighted by Gasteiger charge is -2.21. The molecular weight excluding hydrogens is 298 g/mol. The summed E-state index contributed by atoms with van der Waals surface area (Å²) in [7, 11) is 0. The fourth-order valence-corrected chi connectivity index (χ4v) is 3.33. The quantitative estimate of drug-likeness (QED) is 0.841. The molecule has 4 nitrogen and oxygen atoms in total. The van der Waals surface area contributed by atoms with Crippen LogP contribution in [0.1, 0.15) is 19.4 Å². The van der Waals surface area contributed by atoms with Crippen LogP contribution in [0, 0.1) is 5.41 Å². The summed E-state index contributed by atoms with van der Waals surface area (Å²) in [5.41, 5.74) is 0.381. The van der Waals surface area contributed by atoms with Gasteiger partial charge in [-0.15, -0.1) is 11.8 Å². The molecular formula is C14H16ClNO3S. The van der Waals surface area contributed by atoms with Gasteiger partial charge in [0.25, 0.3) is 5.91 Å². The van der Waals surface area contributed by atoms with Gasteiger partial charge in [0.05, 0.1) is 30.1 Å². The summed E-state index contributed by atoms with van der Waals surface area (Å²) in [6, 6.07) is 3.81. The molecule has 3 rings (SSSR count). The van der Waals surface area contributed by atoms with Gasteiger partial charge in [0.2, 0.25) is 0 Å². The molecule has 1 aromatic carbocycles. The van der Waals surface area contributed by atoms with Crippen molar-refractivity contribution in [1.29, 1.82) is 0 Å². The van der Waals surface area contributed by atoms with Crippen LogP contribution in [0.3, 0.4) is 0 Å². The number of hydrogen-bond acceptors (Lipinski definition) is 4. The minimum atomic E-state index is -0.465. The maximum Gasteiger partial charge on any atom is 0.254 e. The molecule has 2 aliphatic heterocycles. The number of rotatable bonds is 2. The summed E-state index contributed by atoms with van der Waals surface area (Å²) < 4.78 is 5.63. The van der Waals surface area contributed by atoms with E-state index in [1.807, 2.05) is 26.0 Å². The maximum absolute atomic E-state index is 12.2. The van der Waals surface area contributed by atoms with E-state index in [-0.39, 0.29) is 5.91 Å². The summed E-state index contributed by atoms with van der Waals surface area (Å²) in [5.74, 6) is 1.76. The standard InChI is InChI=1S/C14H16ClNO3S/c1-14(2)8-19-16(13(14)17)7-9-5-11-12(6-10(9)15)20-4-3-18-11/h5-6H,3-4,7-8H2,1-2H3. The van der Waals surface area contributed by atoms with Gasteiger partial charge in [-0.2, -0.15) is 0 Å². The average Bonchev–Trinajstić information content (AvgIpc) is 2.67. The fourth-order valence-electron chi connectivity index (χ4n) is 2.20. The smallest absolute Gasteiger partial charge is 0.254 e. The minimum Gasteiger partial charge on any atom is -0.492 e. The first-order valence-electron chi connectivity index (χ1n) is 6.50. The number of thioether (sulfide) groups is 1. The van der Waals surface area contributed by atoms with Crippen molar-refractivity contribution in [3.05, 3.63) is 22.7 Å². The van der Waals surface area contributed by atoms with E-state index >= 15 is 0 Å². The molecule has 1 amide bonds. The van der Waals surface area contributed by atoms with E-state index in [1.54, 1.807) is 11.8 Å². The van der Waals surface area contributed by atoms with E-state index in [2.05, 4.69) is 0 Å². The van der Waals surface area contributed by atoms with Crippen LogP contribution in [0.4, 0.5) is 0 Å². The van der Waals surface area contributed by atoms with E-state index in [0.717, 1.165) is 22.0 Å². The lowest BCUT2D eigenvalue weighted by Crippen LogP contribution is -2.30. The number of carbonyl (C=O) groups excluding carboxylic acids is 1. The van der Waals surface area contributed by atoms with Gasteiger partial charge in [0.1, 0.15) is 5.75 Å². The number of fused-ring (bicyclic) bond motifs is 1. The highest BCUT2D eigenvalue weighted by Gasteiger charge is 2.40. The van der Waals surface area contributed by atoms with Crippen molar-refractivity contribution in [1.82, 2.24) is 5.06 Å². The first-order chi connectivity index (χ1) is 9.47. The minimum absolute atomic E-state index is 0.0124. The van der Waals surface area contributed by atoms with E-state index in [9.17, 15) is 4.79 Å². The first-order valence-corrected chi connectivity index (χ1v) is 7.87. The fraction of sp³-hybridized carbons (Fsp3) is 0.500. The molecule has 6 heteroatoms. The van der Waals surface area contributed by atoms with Gasteiger partial charge in [-0.1, -0.05) is 11.6 Å². The molecule has 2 aliphatic rings. The van der Waals surface area contributed by atoms with Gasteiger partial charge in [-0.05, 0) is 31.5 Å². The van der Waals surface area contributed by atoms with Gasteiger partial charge in [0.15, 0.2) is 0 Å². The third kappa shape index (κ3) is 2.50. The number of nitrogens with zero attached hydrogens (tertiary/aromatic N) is 1. The van der Waals surface area contributed by atoms with Crippen molar-refractivity contribution in [3.63, 3.8) is 0 Å². The predicted octanol–water partition coefficient (Wildman–Crippen LogP) is 3.12. The van der Waals surface area contributed by atoms with E-state index in [0.29, 0.717) is 24.8 Å². The molecule has 0 atom stereocenters. The third-order valence-corrected chi connectivity index (χ3v) is 4.76. The second-order valence-corrected chi connectivity index (χ2v) is 7.13. The molecule has 1 saturated heterocycles. The van der Waals surface area contributed by atoms with Crippen LogP contribution < -0.4 is 4.74 Å². The van der Waals surface area contributed by atoms with Crippen LogP contribution >= 0.6 is 23.4 Å². The van der Waals surface area contributed by atoms with Crippen molar-refractivity contribution in [2.45, 2.75) is 25.3 Å². The van der Waals surface area contributed by atoms with Crippen LogP contribution in [0.15, 0.2) is 17.0 Å². The van der Waals surface area contributed by atoms with Crippen LogP contribution in [0.2, 0.25) is 5.02 Å². The topological polar surface area (TPSA) is 38.8 Å². The summed E-state index contributed by atoms with van der Waals surface area (Å²) in [4.78, 5) is 18.7. The molecule has 0 radical (unpaired) electrons. The van der Waals surface area contributed by atoms with Gasteiger partial charge < -0.3 is 4.74 Å². The molecule has 0 aliphatic carbocycles. The summed E-state index contributed by atoms with van der Waals surface area (Å²) in [6.45, 7) is 5.21. The van der Waals surface area contributed by atoms with Crippen molar-refractivity contribution in [2.24, 2.45) is 5.41 Å². The van der Waals surface area contributed by atoms with E-state index in [4.69, 9.17) is 21.2 Å². The van der Waals surface area contributed by atoms with Crippen LogP contribution in [0.5, 0.6) is 5.75 Å². The second-order valence-electron chi connectivity index (χ2n) is 5.59. The molecule has 1 aromatic rings. The third-order valence-electron chi connectivity index (χ3n) is 3.41. The second kappa shape index (κ2) is 5.13. The first kappa shape index (κ1) is 14.0. The molecule has 0 N–H and O–H groups in total. The average molecular weight is 314 g/mol. The molecule has 2 heterocycles. The predicted molar refractivity (Wildman–Crippen MR) is 78.0 cm³/mol. The van der Waals surface area contributed by atoms with Crippen molar-refractivity contribution < 1.29 is 14.4 Å². The molecule has 1 fully saturated rings. The Balaban J connectivity index is 1.83. The highest BCUT2D eigenvalue weighted by atomic mass is 35.5. The number of hydrogen-bond donors (Lipinski definition) is 0. The van der Waals surface area contributed by atoms with Gasteiger partial charge in [-0.3, -0.25) is 9.63 Å². The Kier molecular flexibility index (Phi) is 3.60. The Hall–Kier alpha value is -0.910. The lowest BCUT2D eigenvalue weighted by atomic mass is 9.95. The summed E-state index contributed by atoms with van der Waals surface area (Å²) in [6.07, 6.45) is 0. The van der Waals surface area contributed by atoms with Crippen LogP contribution in [-0.4, -0.2) is 29.9 Å². The molecule has 0 unspecified atom stereocenters. The Morgan fingerprint density at radius 3 is 2.95 bits per heavy atom. The van der Waals surface area contributed by atoms with Gasteiger partial charge in [0, 0.05) is 10.8 Å². The van der Waals surface area contributed by atoms with Gasteiger partial charge in [-0.25, -0.2) is 5.06 Å². The molecule has 108 valence electrons. The van der Waals surface area contributed by atoms with Crippen LogP contribution in [-0.2, 0) is 16.2 Å². The SMILES string of the molecule is CC1(C)CON(Cc2cc3c(cc2Cl)SCCO3)C1=O. The normalized spacial score (nSPS) is 20.8. The molecule has 0 saturated carbocycles. The largest absolute Gasteiger partial charge is 0.492 e. The Morgan fingerprint density at radius 2 is 2.25 bits per heavy atom. The summed E-state index contributed by atoms with van der Waals surface area (Å²) >= 11 is 8.03. The summed E-state index contributed by atoms with van der Waals surface area (Å²) in [5, 5.41) is 2.03. The highest BCUT2D eigenvalue weighted by Crippen LogP contribution is 2.38. The maximum atomic E-state index is 12.2. The van der Waals surface area contributed by atoms with Crippen molar-refractivity contribution >= 4 is 29.3 Å². The molecule has 20 heavy (non-hydrogen) atoms. The Morgan fingerprint density at radius 1 is 1.45 bits per heavy atom. The number of carbonyl (C=O) groups is 1. The molecule has 0 aromatic heterocycles. The monoisotopic (exact) mass is 313 g/mol. The van der Waals surface area contributed by atoms with Crippen LogP contribution in [0.25, 0.3) is 0 Å². The molecule has 0 spiro atoms. The van der Waals surface area contributed by atoms with Crippen molar-refractivity contribution in [3.8, 4) is 5.75 Å². The van der Waals surface area contributed by atoms with Crippen molar-refractivity contribution in [2.75, 3.05) is 19.0 Å². The number of halogens is 1. The number of benzene rings is 1. The number of hydroxylamine groups is 2.